The standard InChI is InChI=1S/C29H24ClNO6/c1-4-13-36-23-11-7-18(14-24(23)35-3)26-25-27(32)21-15-19(30)8-12-22(21)37-28(25)29(33)31(26)16-17-5-9-20(34-2)10-6-17/h4-12,14-15,26H,1,13,16H2,2-3H3/t26-/m1/s1. The first-order chi connectivity index (χ1) is 17.9. The van der Waals surface area contributed by atoms with Crippen LogP contribution in [0.4, 0.5) is 0 Å². The predicted molar refractivity (Wildman–Crippen MR) is 141 cm³/mol. The first-order valence-corrected chi connectivity index (χ1v) is 11.9. The minimum Gasteiger partial charge on any atom is -0.497 e. The summed E-state index contributed by atoms with van der Waals surface area (Å²) in [4.78, 5) is 29.1. The van der Waals surface area contributed by atoms with Crippen molar-refractivity contribution in [2.75, 3.05) is 20.8 Å². The van der Waals surface area contributed by atoms with E-state index in [-0.39, 0.29) is 29.2 Å². The highest BCUT2D eigenvalue weighted by Gasteiger charge is 2.43. The molecule has 5 rings (SSSR count). The van der Waals surface area contributed by atoms with E-state index in [0.717, 1.165) is 5.56 Å². The number of carbonyl (C=O) groups is 1. The van der Waals surface area contributed by atoms with Gasteiger partial charge in [-0.15, -0.1) is 0 Å². The lowest BCUT2D eigenvalue weighted by atomic mass is 9.97. The van der Waals surface area contributed by atoms with Gasteiger partial charge < -0.3 is 23.5 Å². The fourth-order valence-electron chi connectivity index (χ4n) is 4.55. The molecule has 1 aromatic heterocycles. The van der Waals surface area contributed by atoms with Gasteiger partial charge in [-0.25, -0.2) is 0 Å². The van der Waals surface area contributed by atoms with Gasteiger partial charge in [-0.3, -0.25) is 9.59 Å². The van der Waals surface area contributed by atoms with Crippen LogP contribution in [0.3, 0.4) is 0 Å². The van der Waals surface area contributed by atoms with Crippen LogP contribution in [0.15, 0.2) is 82.5 Å². The molecule has 2 heterocycles. The zero-order valence-corrected chi connectivity index (χ0v) is 21.1. The molecule has 37 heavy (non-hydrogen) atoms. The smallest absolute Gasteiger partial charge is 0.291 e. The van der Waals surface area contributed by atoms with Gasteiger partial charge >= 0.3 is 0 Å². The summed E-state index contributed by atoms with van der Waals surface area (Å²) in [6.07, 6.45) is 1.64. The predicted octanol–water partition coefficient (Wildman–Crippen LogP) is 5.77. The number of rotatable bonds is 8. The van der Waals surface area contributed by atoms with Crippen LogP contribution in [0.1, 0.15) is 33.3 Å². The van der Waals surface area contributed by atoms with Gasteiger partial charge in [0.05, 0.1) is 31.2 Å². The van der Waals surface area contributed by atoms with Crippen LogP contribution in [-0.4, -0.2) is 31.6 Å². The fourth-order valence-corrected chi connectivity index (χ4v) is 4.72. The van der Waals surface area contributed by atoms with Crippen molar-refractivity contribution in [3.8, 4) is 17.2 Å². The minimum atomic E-state index is -0.716. The maximum atomic E-state index is 13.8. The van der Waals surface area contributed by atoms with Crippen molar-refractivity contribution in [2.45, 2.75) is 12.6 Å². The van der Waals surface area contributed by atoms with E-state index < -0.39 is 6.04 Å². The monoisotopic (exact) mass is 517 g/mol. The third kappa shape index (κ3) is 4.42. The number of benzene rings is 3. The molecule has 4 aromatic rings. The summed E-state index contributed by atoms with van der Waals surface area (Å²) in [6.45, 7) is 4.22. The van der Waals surface area contributed by atoms with Gasteiger partial charge in [0.25, 0.3) is 5.91 Å². The average Bonchev–Trinajstić information content (AvgIpc) is 3.19. The summed E-state index contributed by atoms with van der Waals surface area (Å²) in [5.41, 5.74) is 1.80. The van der Waals surface area contributed by atoms with E-state index in [1.165, 1.54) is 7.11 Å². The number of carbonyl (C=O) groups excluding carboxylic acids is 1. The number of halogens is 1. The van der Waals surface area contributed by atoms with E-state index in [4.69, 9.17) is 30.2 Å². The van der Waals surface area contributed by atoms with Gasteiger partial charge in [0.2, 0.25) is 5.76 Å². The van der Waals surface area contributed by atoms with Crippen LogP contribution in [0, 0.1) is 0 Å². The molecule has 0 spiro atoms. The second kappa shape index (κ2) is 10.0. The number of amides is 1. The van der Waals surface area contributed by atoms with E-state index in [0.29, 0.717) is 45.4 Å². The van der Waals surface area contributed by atoms with Crippen LogP contribution in [0.2, 0.25) is 5.02 Å². The van der Waals surface area contributed by atoms with Gasteiger partial charge in [-0.1, -0.05) is 42.5 Å². The highest BCUT2D eigenvalue weighted by molar-refractivity contribution is 6.31. The summed E-state index contributed by atoms with van der Waals surface area (Å²) in [7, 11) is 3.13. The minimum absolute atomic E-state index is 0.0179. The first kappa shape index (κ1) is 24.5. The Morgan fingerprint density at radius 2 is 1.78 bits per heavy atom. The number of hydrogen-bond acceptors (Lipinski definition) is 6. The quantitative estimate of drug-likeness (QED) is 0.276. The second-order valence-corrected chi connectivity index (χ2v) is 8.94. The Morgan fingerprint density at radius 3 is 2.49 bits per heavy atom. The zero-order valence-electron chi connectivity index (χ0n) is 20.3. The Labute approximate surface area is 218 Å². The number of nitrogens with zero attached hydrogens (tertiary/aromatic N) is 1. The van der Waals surface area contributed by atoms with Crippen molar-refractivity contribution < 1.29 is 23.4 Å². The molecule has 1 atom stereocenters. The third-order valence-electron chi connectivity index (χ3n) is 6.30. The lowest BCUT2D eigenvalue weighted by molar-refractivity contribution is 0.0714. The Kier molecular flexibility index (Phi) is 6.63. The van der Waals surface area contributed by atoms with Crippen molar-refractivity contribution in [3.63, 3.8) is 0 Å². The molecule has 7 nitrogen and oxygen atoms in total. The summed E-state index contributed by atoms with van der Waals surface area (Å²) in [5.74, 6) is 1.34. The maximum Gasteiger partial charge on any atom is 0.291 e. The maximum absolute atomic E-state index is 13.8. The van der Waals surface area contributed by atoms with Gasteiger partial charge in [0, 0.05) is 11.6 Å². The molecule has 188 valence electrons. The van der Waals surface area contributed by atoms with E-state index in [1.807, 2.05) is 30.3 Å². The average molecular weight is 518 g/mol. The Morgan fingerprint density at radius 1 is 1.00 bits per heavy atom. The van der Waals surface area contributed by atoms with Gasteiger partial charge in [-0.05, 0) is 53.6 Å². The molecule has 0 aliphatic carbocycles. The molecule has 1 aliphatic rings. The van der Waals surface area contributed by atoms with Crippen molar-refractivity contribution in [1.82, 2.24) is 4.90 Å². The third-order valence-corrected chi connectivity index (χ3v) is 6.53. The Hall–Kier alpha value is -4.23. The summed E-state index contributed by atoms with van der Waals surface area (Å²) in [6, 6.07) is 16.8. The molecule has 0 fully saturated rings. The van der Waals surface area contributed by atoms with Crippen LogP contribution in [0.5, 0.6) is 17.2 Å². The van der Waals surface area contributed by atoms with Crippen molar-refractivity contribution in [3.05, 3.63) is 111 Å². The molecule has 8 heteroatoms. The van der Waals surface area contributed by atoms with Crippen LogP contribution < -0.4 is 19.6 Å². The summed E-state index contributed by atoms with van der Waals surface area (Å²) < 4.78 is 22.5. The molecular formula is C29H24ClNO6. The first-order valence-electron chi connectivity index (χ1n) is 11.6. The zero-order chi connectivity index (χ0) is 26.1. The highest BCUT2D eigenvalue weighted by Crippen LogP contribution is 2.42. The van der Waals surface area contributed by atoms with Gasteiger partial charge in [0.15, 0.2) is 16.9 Å². The SMILES string of the molecule is C=CCOc1ccc([C@@H]2c3c(oc4ccc(Cl)cc4c3=O)C(=O)N2Cc2ccc(OC)cc2)cc1OC. The van der Waals surface area contributed by atoms with E-state index >= 15 is 0 Å². The molecule has 3 aromatic carbocycles. The van der Waals surface area contributed by atoms with Crippen LogP contribution in [-0.2, 0) is 6.54 Å². The van der Waals surface area contributed by atoms with E-state index in [1.54, 1.807) is 48.4 Å². The Balaban J connectivity index is 1.67. The van der Waals surface area contributed by atoms with Crippen LogP contribution >= 0.6 is 11.6 Å². The molecule has 1 amide bonds. The largest absolute Gasteiger partial charge is 0.497 e. The number of ether oxygens (including phenoxy) is 3. The van der Waals surface area contributed by atoms with E-state index in [9.17, 15) is 9.59 Å². The molecule has 1 aliphatic heterocycles. The molecule has 0 saturated carbocycles. The van der Waals surface area contributed by atoms with Crippen molar-refractivity contribution in [1.29, 1.82) is 0 Å². The van der Waals surface area contributed by atoms with Gasteiger partial charge in [-0.2, -0.15) is 0 Å². The van der Waals surface area contributed by atoms with Crippen molar-refractivity contribution in [2.24, 2.45) is 0 Å². The normalized spacial score (nSPS) is 14.5. The molecule has 0 bridgehead atoms. The molecule has 0 N–H and O–H groups in total. The van der Waals surface area contributed by atoms with Gasteiger partial charge in [0.1, 0.15) is 17.9 Å². The van der Waals surface area contributed by atoms with Crippen LogP contribution in [0.25, 0.3) is 11.0 Å². The number of hydrogen-bond donors (Lipinski definition) is 0. The fraction of sp³-hybridized carbons (Fsp3) is 0.172. The number of methoxy groups -OCH3 is 2. The molecular weight excluding hydrogens is 494 g/mol. The van der Waals surface area contributed by atoms with E-state index in [2.05, 4.69) is 6.58 Å². The summed E-state index contributed by atoms with van der Waals surface area (Å²) >= 11 is 6.18. The number of fused-ring (bicyclic) bond motifs is 2. The summed E-state index contributed by atoms with van der Waals surface area (Å²) in [5, 5.41) is 0.717. The van der Waals surface area contributed by atoms with Crippen molar-refractivity contribution >= 4 is 28.5 Å². The molecule has 0 radical (unpaired) electrons. The molecule has 0 saturated heterocycles. The lowest BCUT2D eigenvalue weighted by Crippen LogP contribution is -2.29. The topological polar surface area (TPSA) is 78.2 Å². The Bertz CT molecular complexity index is 1560. The molecule has 0 unspecified atom stereocenters. The second-order valence-electron chi connectivity index (χ2n) is 8.51. The highest BCUT2D eigenvalue weighted by atomic mass is 35.5. The lowest BCUT2D eigenvalue weighted by Gasteiger charge is -2.26.